The maximum absolute atomic E-state index is 15.1. The molecule has 2 saturated heterocycles. The fraction of sp³-hybridized carbons (Fsp3) is 0.596. The van der Waals surface area contributed by atoms with Crippen molar-refractivity contribution in [1.82, 2.24) is 0 Å². The Balaban J connectivity index is 1.39. The molecule has 0 amide bonds. The molecular weight excluding hydrogens is 689 g/mol. The highest BCUT2D eigenvalue weighted by molar-refractivity contribution is 6.99. The summed E-state index contributed by atoms with van der Waals surface area (Å²) in [7, 11) is -2.67. The van der Waals surface area contributed by atoms with Gasteiger partial charge in [-0.15, -0.1) is 0 Å². The summed E-state index contributed by atoms with van der Waals surface area (Å²) in [6.45, 7) is 20.8. The Labute approximate surface area is 327 Å². The minimum atomic E-state index is -2.67. The molecule has 3 aromatic rings. The molecule has 6 atom stereocenters. The normalized spacial score (nSPS) is 21.9. The lowest BCUT2D eigenvalue weighted by atomic mass is 9.70. The van der Waals surface area contributed by atoms with Crippen molar-refractivity contribution in [2.75, 3.05) is 13.2 Å². The first-order valence-corrected chi connectivity index (χ1v) is 22.5. The van der Waals surface area contributed by atoms with E-state index in [0.717, 1.165) is 44.1 Å². The molecule has 5 rings (SSSR count). The van der Waals surface area contributed by atoms with Crippen molar-refractivity contribution >= 4 is 24.5 Å². The first-order chi connectivity index (χ1) is 25.6. The zero-order valence-electron chi connectivity index (χ0n) is 34.6. The van der Waals surface area contributed by atoms with Gasteiger partial charge in [0.2, 0.25) is 0 Å². The Morgan fingerprint density at radius 3 is 1.94 bits per heavy atom. The van der Waals surface area contributed by atoms with Gasteiger partial charge in [0, 0.05) is 18.6 Å². The maximum atomic E-state index is 15.1. The van der Waals surface area contributed by atoms with Gasteiger partial charge in [0.25, 0.3) is 8.32 Å². The summed E-state index contributed by atoms with van der Waals surface area (Å²) in [5, 5.41) is 2.51. The highest BCUT2D eigenvalue weighted by atomic mass is 28.4. The van der Waals surface area contributed by atoms with E-state index in [1.54, 1.807) is 0 Å². The summed E-state index contributed by atoms with van der Waals surface area (Å²) in [6.07, 6.45) is 6.17. The second-order valence-corrected chi connectivity index (χ2v) is 22.2. The molecule has 2 fully saturated rings. The fourth-order valence-electron chi connectivity index (χ4n) is 8.78. The molecule has 0 radical (unpaired) electrons. The highest BCUT2D eigenvalue weighted by Gasteiger charge is 2.51. The van der Waals surface area contributed by atoms with Gasteiger partial charge in [-0.3, -0.25) is 4.79 Å². The first-order valence-electron chi connectivity index (χ1n) is 20.6. The number of ether oxygens (including phenoxy) is 4. The number of carbonyl (C=O) groups is 1. The van der Waals surface area contributed by atoms with Crippen molar-refractivity contribution in [1.29, 1.82) is 0 Å². The van der Waals surface area contributed by atoms with E-state index >= 15 is 4.79 Å². The van der Waals surface area contributed by atoms with E-state index in [2.05, 4.69) is 133 Å². The molecule has 2 aliphatic rings. The zero-order valence-corrected chi connectivity index (χ0v) is 35.6. The molecule has 0 N–H and O–H groups in total. The van der Waals surface area contributed by atoms with Crippen molar-refractivity contribution in [2.24, 2.45) is 17.3 Å². The molecule has 2 heterocycles. The summed E-state index contributed by atoms with van der Waals surface area (Å²) in [6, 6.07) is 32.2. The van der Waals surface area contributed by atoms with Crippen LogP contribution in [0.3, 0.4) is 0 Å². The summed E-state index contributed by atoms with van der Waals surface area (Å²) in [5.41, 5.74) is 0.394. The summed E-state index contributed by atoms with van der Waals surface area (Å²) in [5.74, 6) is -0.814. The molecule has 0 bridgehead atoms. The standard InChI is InChI=1S/C47H68O6Si/c1-35(22-21-23-36(2)53-54(45(3,4)5,38-26-15-11-16-27-38)39-28-17-12-18-29-39)43(51-42-30-19-20-32-49-42)40(34-37-24-13-10-14-25-37)44(48)46(6,7)41-31-33-50-47(8,9)52-41/h10-18,24-29,35-36,40-43H,19-23,30-34H2,1-9H3/t35-,36?,40?,41+,42?,43-/m0/s1. The average Bonchev–Trinajstić information content (AvgIpc) is 3.15. The van der Waals surface area contributed by atoms with Crippen LogP contribution in [-0.4, -0.2) is 57.7 Å². The number of rotatable bonds is 17. The number of benzene rings is 3. The van der Waals surface area contributed by atoms with Crippen LogP contribution in [0.25, 0.3) is 0 Å². The second-order valence-electron chi connectivity index (χ2n) is 17.9. The van der Waals surface area contributed by atoms with Crippen LogP contribution in [0, 0.1) is 17.3 Å². The minimum Gasteiger partial charge on any atom is -0.405 e. The Hall–Kier alpha value is -2.65. The molecule has 54 heavy (non-hydrogen) atoms. The van der Waals surface area contributed by atoms with Crippen molar-refractivity contribution in [3.63, 3.8) is 0 Å². The van der Waals surface area contributed by atoms with Crippen LogP contribution in [0.4, 0.5) is 0 Å². The zero-order chi connectivity index (χ0) is 39.0. The van der Waals surface area contributed by atoms with Crippen molar-refractivity contribution in [2.45, 2.75) is 149 Å². The third-order valence-electron chi connectivity index (χ3n) is 11.8. The predicted molar refractivity (Wildman–Crippen MR) is 222 cm³/mol. The molecular formula is C47H68O6Si. The molecule has 3 aromatic carbocycles. The molecule has 0 aromatic heterocycles. The van der Waals surface area contributed by atoms with Crippen LogP contribution in [-0.2, 0) is 34.6 Å². The molecule has 6 nitrogen and oxygen atoms in total. The number of hydrogen-bond acceptors (Lipinski definition) is 6. The van der Waals surface area contributed by atoms with Gasteiger partial charge in [-0.1, -0.05) is 139 Å². The van der Waals surface area contributed by atoms with Gasteiger partial charge in [-0.25, -0.2) is 0 Å². The molecule has 0 saturated carbocycles. The number of ketones is 1. The van der Waals surface area contributed by atoms with Crippen LogP contribution in [0.1, 0.15) is 113 Å². The van der Waals surface area contributed by atoms with Gasteiger partial charge in [0.1, 0.15) is 5.78 Å². The monoisotopic (exact) mass is 756 g/mol. The molecule has 7 heteroatoms. The average molecular weight is 757 g/mol. The third-order valence-corrected chi connectivity index (χ3v) is 17.0. The topological polar surface area (TPSA) is 63.2 Å². The summed E-state index contributed by atoms with van der Waals surface area (Å²) < 4.78 is 33.0. The first kappa shape index (κ1) is 42.5. The number of carbonyl (C=O) groups excluding carboxylic acids is 1. The van der Waals surface area contributed by atoms with E-state index < -0.39 is 19.5 Å². The second kappa shape index (κ2) is 18.5. The number of hydrogen-bond donors (Lipinski definition) is 0. The highest BCUT2D eigenvalue weighted by Crippen LogP contribution is 2.41. The SMILES string of the molecule is CC(CCC[C@H](C)[C@H](OC1CCCCO1)C(Cc1ccccc1)C(=O)C(C)(C)[C@H]1CCOC(C)(C)O1)O[Si](c1ccccc1)(c1ccccc1)C(C)(C)C. The minimum absolute atomic E-state index is 0.0410. The Bertz CT molecular complexity index is 1520. The van der Waals surface area contributed by atoms with E-state index in [-0.39, 0.29) is 47.3 Å². The van der Waals surface area contributed by atoms with Gasteiger partial charge in [0.15, 0.2) is 12.1 Å². The van der Waals surface area contributed by atoms with E-state index in [1.165, 1.54) is 10.4 Å². The lowest BCUT2D eigenvalue weighted by molar-refractivity contribution is -0.289. The Kier molecular flexibility index (Phi) is 14.6. The van der Waals surface area contributed by atoms with E-state index in [9.17, 15) is 0 Å². The Morgan fingerprint density at radius 1 is 0.815 bits per heavy atom. The van der Waals surface area contributed by atoms with Crippen LogP contribution < -0.4 is 10.4 Å². The van der Waals surface area contributed by atoms with Gasteiger partial charge < -0.3 is 23.4 Å². The van der Waals surface area contributed by atoms with E-state index in [4.69, 9.17) is 23.4 Å². The third kappa shape index (κ3) is 10.4. The van der Waals surface area contributed by atoms with E-state index in [0.29, 0.717) is 26.1 Å². The fourth-order valence-corrected chi connectivity index (χ4v) is 13.5. The molecule has 0 aliphatic carbocycles. The summed E-state index contributed by atoms with van der Waals surface area (Å²) >= 11 is 0. The van der Waals surface area contributed by atoms with Gasteiger partial charge >= 0.3 is 0 Å². The molecule has 3 unspecified atom stereocenters. The molecule has 2 aliphatic heterocycles. The van der Waals surface area contributed by atoms with Crippen LogP contribution >= 0.6 is 0 Å². The lowest BCUT2D eigenvalue weighted by Gasteiger charge is -2.45. The smallest absolute Gasteiger partial charge is 0.261 e. The molecule has 0 spiro atoms. The number of Topliss-reactive ketones (excluding diaryl/α,β-unsaturated/α-hetero) is 1. The molecule has 296 valence electrons. The maximum Gasteiger partial charge on any atom is 0.261 e. The quantitative estimate of drug-likeness (QED) is 0.128. The Morgan fingerprint density at radius 2 is 1.41 bits per heavy atom. The van der Waals surface area contributed by atoms with E-state index in [1.807, 2.05) is 19.9 Å². The van der Waals surface area contributed by atoms with Crippen LogP contribution in [0.2, 0.25) is 5.04 Å². The largest absolute Gasteiger partial charge is 0.405 e. The van der Waals surface area contributed by atoms with Crippen molar-refractivity contribution in [3.8, 4) is 0 Å². The van der Waals surface area contributed by atoms with Crippen molar-refractivity contribution in [3.05, 3.63) is 96.6 Å². The van der Waals surface area contributed by atoms with Crippen LogP contribution in [0.5, 0.6) is 0 Å². The van der Waals surface area contributed by atoms with Crippen molar-refractivity contribution < 1.29 is 28.2 Å². The van der Waals surface area contributed by atoms with Gasteiger partial charge in [-0.2, -0.15) is 0 Å². The lowest BCUT2D eigenvalue weighted by Crippen LogP contribution is -2.67. The van der Waals surface area contributed by atoms with Gasteiger partial charge in [-0.05, 0) is 92.6 Å². The van der Waals surface area contributed by atoms with Gasteiger partial charge in [0.05, 0.1) is 24.2 Å². The summed E-state index contributed by atoms with van der Waals surface area (Å²) in [4.78, 5) is 15.1. The predicted octanol–water partition coefficient (Wildman–Crippen LogP) is 9.67. The van der Waals surface area contributed by atoms with Crippen LogP contribution in [0.15, 0.2) is 91.0 Å².